The molecule has 1 rings (SSSR count). The van der Waals surface area contributed by atoms with E-state index in [4.69, 9.17) is 21.1 Å². The first-order valence-corrected chi connectivity index (χ1v) is 7.03. The largest absolute Gasteiger partial charge is 0.488 e. The highest BCUT2D eigenvalue weighted by Crippen LogP contribution is 2.32. The summed E-state index contributed by atoms with van der Waals surface area (Å²) in [7, 11) is 1.69. The van der Waals surface area contributed by atoms with Gasteiger partial charge < -0.3 is 14.8 Å². The third kappa shape index (κ3) is 5.14. The molecule has 1 aromatic carbocycles. The molecule has 1 atom stereocenters. The standard InChI is InChI=1S/C13H19BrClNO2/c1-9-6-11(14)7-12(15)13(9)18-10(2)8-16-4-5-17-3/h6-7,10,16H,4-5,8H2,1-3H3. The van der Waals surface area contributed by atoms with Crippen molar-refractivity contribution in [1.82, 2.24) is 5.32 Å². The first kappa shape index (κ1) is 15.8. The third-order valence-electron chi connectivity index (χ3n) is 2.43. The number of hydrogen-bond acceptors (Lipinski definition) is 3. The fourth-order valence-electron chi connectivity index (χ4n) is 1.56. The van der Waals surface area contributed by atoms with Gasteiger partial charge >= 0.3 is 0 Å². The normalized spacial score (nSPS) is 12.5. The Morgan fingerprint density at radius 1 is 1.44 bits per heavy atom. The zero-order valence-corrected chi connectivity index (χ0v) is 13.3. The van der Waals surface area contributed by atoms with E-state index in [9.17, 15) is 0 Å². The summed E-state index contributed by atoms with van der Waals surface area (Å²) >= 11 is 9.57. The van der Waals surface area contributed by atoms with Crippen LogP contribution in [0.1, 0.15) is 12.5 Å². The number of ether oxygens (including phenoxy) is 2. The second-order valence-electron chi connectivity index (χ2n) is 4.16. The van der Waals surface area contributed by atoms with Gasteiger partial charge in [-0.3, -0.25) is 0 Å². The van der Waals surface area contributed by atoms with Crippen molar-refractivity contribution in [1.29, 1.82) is 0 Å². The highest BCUT2D eigenvalue weighted by atomic mass is 79.9. The van der Waals surface area contributed by atoms with E-state index in [1.54, 1.807) is 7.11 Å². The Hall–Kier alpha value is -0.290. The summed E-state index contributed by atoms with van der Waals surface area (Å²) < 4.78 is 11.8. The molecule has 0 radical (unpaired) electrons. The van der Waals surface area contributed by atoms with Crippen LogP contribution < -0.4 is 10.1 Å². The van der Waals surface area contributed by atoms with Crippen molar-refractivity contribution in [3.05, 3.63) is 27.2 Å². The molecule has 0 saturated carbocycles. The molecular formula is C13H19BrClNO2. The molecular weight excluding hydrogens is 318 g/mol. The summed E-state index contributed by atoms with van der Waals surface area (Å²) in [5.74, 6) is 0.751. The van der Waals surface area contributed by atoms with E-state index in [1.165, 1.54) is 0 Å². The summed E-state index contributed by atoms with van der Waals surface area (Å²) in [5.41, 5.74) is 1.03. The molecule has 102 valence electrons. The molecule has 0 heterocycles. The maximum absolute atomic E-state index is 6.17. The van der Waals surface area contributed by atoms with Crippen LogP contribution in [0.2, 0.25) is 5.02 Å². The molecule has 0 aromatic heterocycles. The molecule has 1 unspecified atom stereocenters. The summed E-state index contributed by atoms with van der Waals surface area (Å²) in [6.45, 7) is 6.27. The quantitative estimate of drug-likeness (QED) is 0.774. The second kappa shape index (κ2) is 8.00. The highest BCUT2D eigenvalue weighted by Gasteiger charge is 2.11. The Kier molecular flexibility index (Phi) is 7.00. The van der Waals surface area contributed by atoms with Gasteiger partial charge in [0, 0.05) is 24.7 Å². The van der Waals surface area contributed by atoms with Gasteiger partial charge in [-0.05, 0) is 31.5 Å². The molecule has 1 aromatic rings. The summed E-state index contributed by atoms with van der Waals surface area (Å²) in [6.07, 6.45) is 0.0548. The van der Waals surface area contributed by atoms with Crippen molar-refractivity contribution < 1.29 is 9.47 Å². The van der Waals surface area contributed by atoms with Gasteiger partial charge in [-0.15, -0.1) is 0 Å². The van der Waals surface area contributed by atoms with E-state index in [0.29, 0.717) is 11.6 Å². The monoisotopic (exact) mass is 335 g/mol. The molecule has 3 nitrogen and oxygen atoms in total. The minimum Gasteiger partial charge on any atom is -0.488 e. The Morgan fingerprint density at radius 2 is 2.17 bits per heavy atom. The van der Waals surface area contributed by atoms with E-state index in [1.807, 2.05) is 26.0 Å². The van der Waals surface area contributed by atoms with Gasteiger partial charge in [-0.2, -0.15) is 0 Å². The Bertz CT molecular complexity index is 364. The van der Waals surface area contributed by atoms with E-state index >= 15 is 0 Å². The van der Waals surface area contributed by atoms with E-state index < -0.39 is 0 Å². The molecule has 0 aliphatic heterocycles. The van der Waals surface area contributed by atoms with Crippen LogP contribution in [-0.2, 0) is 4.74 Å². The predicted octanol–water partition coefficient (Wildman–Crippen LogP) is 3.41. The lowest BCUT2D eigenvalue weighted by Crippen LogP contribution is -2.31. The third-order valence-corrected chi connectivity index (χ3v) is 3.17. The molecule has 0 bridgehead atoms. The number of methoxy groups -OCH3 is 1. The summed E-state index contributed by atoms with van der Waals surface area (Å²) in [4.78, 5) is 0. The van der Waals surface area contributed by atoms with Crippen LogP contribution in [0.25, 0.3) is 0 Å². The topological polar surface area (TPSA) is 30.5 Å². The number of halogens is 2. The predicted molar refractivity (Wildman–Crippen MR) is 78.7 cm³/mol. The molecule has 0 aliphatic rings. The fraction of sp³-hybridized carbons (Fsp3) is 0.538. The van der Waals surface area contributed by atoms with Crippen molar-refractivity contribution in [3.8, 4) is 5.75 Å². The first-order chi connectivity index (χ1) is 8.54. The maximum Gasteiger partial charge on any atom is 0.141 e. The minimum atomic E-state index is 0.0548. The minimum absolute atomic E-state index is 0.0548. The Labute approximate surface area is 122 Å². The Morgan fingerprint density at radius 3 is 2.78 bits per heavy atom. The number of hydrogen-bond donors (Lipinski definition) is 1. The number of nitrogens with one attached hydrogen (secondary N) is 1. The van der Waals surface area contributed by atoms with Crippen LogP contribution in [0.15, 0.2) is 16.6 Å². The van der Waals surface area contributed by atoms with Gasteiger partial charge in [0.15, 0.2) is 0 Å². The van der Waals surface area contributed by atoms with Gasteiger partial charge in [0.25, 0.3) is 0 Å². The lowest BCUT2D eigenvalue weighted by Gasteiger charge is -2.18. The average Bonchev–Trinajstić information content (AvgIpc) is 2.29. The van der Waals surface area contributed by atoms with Gasteiger partial charge in [-0.1, -0.05) is 27.5 Å². The van der Waals surface area contributed by atoms with Gasteiger partial charge in [0.1, 0.15) is 11.9 Å². The Balaban J connectivity index is 2.51. The number of aryl methyl sites for hydroxylation is 1. The van der Waals surface area contributed by atoms with Crippen LogP contribution >= 0.6 is 27.5 Å². The number of rotatable bonds is 7. The number of benzene rings is 1. The van der Waals surface area contributed by atoms with Crippen LogP contribution in [0, 0.1) is 6.92 Å². The van der Waals surface area contributed by atoms with Gasteiger partial charge in [-0.25, -0.2) is 0 Å². The van der Waals surface area contributed by atoms with Crippen molar-refractivity contribution >= 4 is 27.5 Å². The molecule has 1 N–H and O–H groups in total. The van der Waals surface area contributed by atoms with Crippen molar-refractivity contribution in [2.75, 3.05) is 26.8 Å². The second-order valence-corrected chi connectivity index (χ2v) is 5.48. The van der Waals surface area contributed by atoms with Gasteiger partial charge in [0.05, 0.1) is 11.6 Å². The van der Waals surface area contributed by atoms with Crippen LogP contribution in [0.4, 0.5) is 0 Å². The fourth-order valence-corrected chi connectivity index (χ4v) is 2.58. The molecule has 0 aliphatic carbocycles. The molecule has 0 fully saturated rings. The van der Waals surface area contributed by atoms with Crippen molar-refractivity contribution in [3.63, 3.8) is 0 Å². The molecule has 0 spiro atoms. The zero-order valence-electron chi connectivity index (χ0n) is 10.9. The highest BCUT2D eigenvalue weighted by molar-refractivity contribution is 9.10. The average molecular weight is 337 g/mol. The van der Waals surface area contributed by atoms with Crippen molar-refractivity contribution in [2.24, 2.45) is 0 Å². The lowest BCUT2D eigenvalue weighted by atomic mass is 10.2. The SMILES string of the molecule is COCCNCC(C)Oc1c(C)cc(Br)cc1Cl. The zero-order chi connectivity index (χ0) is 13.5. The van der Waals surface area contributed by atoms with Gasteiger partial charge in [0.2, 0.25) is 0 Å². The molecule has 0 amide bonds. The van der Waals surface area contributed by atoms with Crippen LogP contribution in [0.3, 0.4) is 0 Å². The summed E-state index contributed by atoms with van der Waals surface area (Å²) in [5, 5.41) is 3.88. The molecule has 18 heavy (non-hydrogen) atoms. The van der Waals surface area contributed by atoms with Crippen LogP contribution in [-0.4, -0.2) is 32.9 Å². The van der Waals surface area contributed by atoms with E-state index in [2.05, 4.69) is 21.2 Å². The first-order valence-electron chi connectivity index (χ1n) is 5.86. The van der Waals surface area contributed by atoms with E-state index in [0.717, 1.165) is 28.9 Å². The lowest BCUT2D eigenvalue weighted by molar-refractivity contribution is 0.184. The van der Waals surface area contributed by atoms with Crippen LogP contribution in [0.5, 0.6) is 5.75 Å². The summed E-state index contributed by atoms with van der Waals surface area (Å²) in [6, 6.07) is 3.83. The maximum atomic E-state index is 6.17. The molecule has 5 heteroatoms. The smallest absolute Gasteiger partial charge is 0.141 e. The van der Waals surface area contributed by atoms with Crippen molar-refractivity contribution in [2.45, 2.75) is 20.0 Å². The van der Waals surface area contributed by atoms with E-state index in [-0.39, 0.29) is 6.10 Å². The molecule has 0 saturated heterocycles.